The van der Waals surface area contributed by atoms with E-state index >= 15 is 0 Å². The highest BCUT2D eigenvalue weighted by molar-refractivity contribution is 4.81. The Kier molecular flexibility index (Phi) is 4.69. The highest BCUT2D eigenvalue weighted by Crippen LogP contribution is 2.39. The topological polar surface area (TPSA) is 20.2 Å². The van der Waals surface area contributed by atoms with Crippen molar-refractivity contribution in [2.45, 2.75) is 77.2 Å². The molecule has 0 aliphatic heterocycles. The van der Waals surface area contributed by atoms with E-state index in [-0.39, 0.29) is 6.10 Å². The zero-order chi connectivity index (χ0) is 11.4. The normalized spacial score (nSPS) is 41.6. The van der Waals surface area contributed by atoms with Gasteiger partial charge in [-0.15, -0.1) is 0 Å². The molecule has 1 N–H and O–H groups in total. The van der Waals surface area contributed by atoms with Crippen LogP contribution in [-0.2, 0) is 0 Å². The van der Waals surface area contributed by atoms with Gasteiger partial charge in [-0.2, -0.15) is 0 Å². The first kappa shape index (κ1) is 12.4. The molecule has 0 aromatic carbocycles. The Balaban J connectivity index is 1.82. The van der Waals surface area contributed by atoms with E-state index in [0.717, 1.165) is 30.6 Å². The monoisotopic (exact) mass is 224 g/mol. The van der Waals surface area contributed by atoms with Crippen molar-refractivity contribution in [1.82, 2.24) is 0 Å². The molecule has 2 fully saturated rings. The second-order valence-corrected chi connectivity index (χ2v) is 6.12. The fourth-order valence-electron chi connectivity index (χ4n) is 3.87. The lowest BCUT2D eigenvalue weighted by atomic mass is 9.73. The molecule has 0 aromatic heterocycles. The van der Waals surface area contributed by atoms with Crippen LogP contribution in [0, 0.1) is 17.8 Å². The van der Waals surface area contributed by atoms with Gasteiger partial charge in [-0.1, -0.05) is 45.4 Å². The number of hydrogen-bond donors (Lipinski definition) is 1. The van der Waals surface area contributed by atoms with Gasteiger partial charge in [0.05, 0.1) is 6.10 Å². The Bertz CT molecular complexity index is 194. The molecule has 1 heteroatoms. The molecule has 2 rings (SSSR count). The molecule has 2 unspecified atom stereocenters. The van der Waals surface area contributed by atoms with Crippen molar-refractivity contribution in [2.75, 3.05) is 0 Å². The van der Waals surface area contributed by atoms with Gasteiger partial charge in [-0.05, 0) is 43.4 Å². The van der Waals surface area contributed by atoms with Crippen LogP contribution in [0.25, 0.3) is 0 Å². The van der Waals surface area contributed by atoms with E-state index in [1.165, 1.54) is 51.4 Å². The minimum absolute atomic E-state index is 0.0106. The average molecular weight is 224 g/mol. The summed E-state index contributed by atoms with van der Waals surface area (Å²) < 4.78 is 0. The second kappa shape index (κ2) is 6.05. The maximum Gasteiger partial charge on any atom is 0.0543 e. The maximum absolute atomic E-state index is 9.89. The standard InChI is InChI=1S/C15H28O/c1-2-12-7-9-13(10-8-12)14-5-3-4-6-15(16)11-14/h12-16H,2-11H2,1H3. The van der Waals surface area contributed by atoms with Gasteiger partial charge in [0.25, 0.3) is 0 Å². The predicted molar refractivity (Wildman–Crippen MR) is 68.3 cm³/mol. The Morgan fingerprint density at radius 2 is 1.56 bits per heavy atom. The van der Waals surface area contributed by atoms with E-state index in [1.807, 2.05) is 0 Å². The zero-order valence-corrected chi connectivity index (χ0v) is 10.8. The van der Waals surface area contributed by atoms with E-state index in [4.69, 9.17) is 0 Å². The summed E-state index contributed by atoms with van der Waals surface area (Å²) in [5.74, 6) is 2.79. The van der Waals surface area contributed by atoms with Crippen molar-refractivity contribution >= 4 is 0 Å². The van der Waals surface area contributed by atoms with E-state index in [9.17, 15) is 5.11 Å². The van der Waals surface area contributed by atoms with Crippen molar-refractivity contribution in [1.29, 1.82) is 0 Å². The molecular weight excluding hydrogens is 196 g/mol. The molecule has 16 heavy (non-hydrogen) atoms. The first-order valence-corrected chi connectivity index (χ1v) is 7.47. The number of aliphatic hydroxyl groups excluding tert-OH is 1. The lowest BCUT2D eigenvalue weighted by Gasteiger charge is -2.33. The van der Waals surface area contributed by atoms with Crippen LogP contribution in [0.1, 0.15) is 71.1 Å². The zero-order valence-electron chi connectivity index (χ0n) is 10.8. The Labute approximate surface area is 101 Å². The van der Waals surface area contributed by atoms with Gasteiger partial charge in [0, 0.05) is 0 Å². The molecule has 0 spiro atoms. The summed E-state index contributed by atoms with van der Waals surface area (Å²) in [5.41, 5.74) is 0. The van der Waals surface area contributed by atoms with Crippen molar-refractivity contribution in [2.24, 2.45) is 17.8 Å². The molecule has 0 bridgehead atoms. The first-order chi connectivity index (χ1) is 7.79. The molecule has 2 aliphatic carbocycles. The minimum atomic E-state index is 0.0106. The average Bonchev–Trinajstić information content (AvgIpc) is 2.54. The Hall–Kier alpha value is -0.0400. The van der Waals surface area contributed by atoms with Crippen LogP contribution >= 0.6 is 0 Å². The minimum Gasteiger partial charge on any atom is -0.393 e. The van der Waals surface area contributed by atoms with Gasteiger partial charge >= 0.3 is 0 Å². The quantitative estimate of drug-likeness (QED) is 0.699. The van der Waals surface area contributed by atoms with Crippen molar-refractivity contribution in [3.8, 4) is 0 Å². The highest BCUT2D eigenvalue weighted by Gasteiger charge is 2.29. The van der Waals surface area contributed by atoms with Crippen LogP contribution in [0.15, 0.2) is 0 Å². The van der Waals surface area contributed by atoms with Gasteiger partial charge in [0.2, 0.25) is 0 Å². The van der Waals surface area contributed by atoms with Crippen molar-refractivity contribution < 1.29 is 5.11 Å². The summed E-state index contributed by atoms with van der Waals surface area (Å²) in [7, 11) is 0. The molecule has 0 radical (unpaired) electrons. The van der Waals surface area contributed by atoms with E-state index in [2.05, 4.69) is 6.92 Å². The number of hydrogen-bond acceptors (Lipinski definition) is 1. The predicted octanol–water partition coefficient (Wildman–Crippen LogP) is 4.14. The smallest absolute Gasteiger partial charge is 0.0543 e. The van der Waals surface area contributed by atoms with Crippen molar-refractivity contribution in [3.63, 3.8) is 0 Å². The first-order valence-electron chi connectivity index (χ1n) is 7.47. The largest absolute Gasteiger partial charge is 0.393 e. The summed E-state index contributed by atoms with van der Waals surface area (Å²) >= 11 is 0. The van der Waals surface area contributed by atoms with Gasteiger partial charge < -0.3 is 5.11 Å². The molecule has 94 valence electrons. The third kappa shape index (κ3) is 3.23. The molecule has 0 amide bonds. The van der Waals surface area contributed by atoms with Gasteiger partial charge in [0.15, 0.2) is 0 Å². The summed E-state index contributed by atoms with van der Waals surface area (Å²) in [4.78, 5) is 0. The molecular formula is C15H28O. The molecule has 0 saturated heterocycles. The van der Waals surface area contributed by atoms with Crippen LogP contribution < -0.4 is 0 Å². The second-order valence-electron chi connectivity index (χ2n) is 6.12. The number of rotatable bonds is 2. The molecule has 2 aliphatic rings. The third-order valence-electron chi connectivity index (χ3n) is 5.07. The molecule has 0 aromatic rings. The van der Waals surface area contributed by atoms with Crippen LogP contribution in [0.2, 0.25) is 0 Å². The fraction of sp³-hybridized carbons (Fsp3) is 1.00. The summed E-state index contributed by atoms with van der Waals surface area (Å²) in [6.45, 7) is 2.33. The van der Waals surface area contributed by atoms with Gasteiger partial charge in [-0.3, -0.25) is 0 Å². The Morgan fingerprint density at radius 3 is 2.25 bits per heavy atom. The van der Waals surface area contributed by atoms with Crippen LogP contribution in [0.3, 0.4) is 0 Å². The third-order valence-corrected chi connectivity index (χ3v) is 5.07. The fourth-order valence-corrected chi connectivity index (χ4v) is 3.87. The molecule has 1 nitrogen and oxygen atoms in total. The molecule has 2 atom stereocenters. The van der Waals surface area contributed by atoms with Crippen LogP contribution in [0.5, 0.6) is 0 Å². The number of aliphatic hydroxyl groups is 1. The van der Waals surface area contributed by atoms with Crippen LogP contribution in [0.4, 0.5) is 0 Å². The molecule has 0 heterocycles. The van der Waals surface area contributed by atoms with Crippen molar-refractivity contribution in [3.05, 3.63) is 0 Å². The summed E-state index contributed by atoms with van der Waals surface area (Å²) in [6, 6.07) is 0. The van der Waals surface area contributed by atoms with E-state index in [0.29, 0.717) is 0 Å². The van der Waals surface area contributed by atoms with Gasteiger partial charge in [0.1, 0.15) is 0 Å². The maximum atomic E-state index is 9.89. The van der Waals surface area contributed by atoms with E-state index in [1.54, 1.807) is 0 Å². The molecule has 2 saturated carbocycles. The SMILES string of the molecule is CCC1CCC(C2CCCCC(O)C2)CC1. The Morgan fingerprint density at radius 1 is 0.875 bits per heavy atom. The van der Waals surface area contributed by atoms with Crippen LogP contribution in [-0.4, -0.2) is 11.2 Å². The lowest BCUT2D eigenvalue weighted by molar-refractivity contribution is 0.108. The summed E-state index contributed by atoms with van der Waals surface area (Å²) in [5, 5.41) is 9.89. The summed E-state index contributed by atoms with van der Waals surface area (Å²) in [6.07, 6.45) is 13.3. The van der Waals surface area contributed by atoms with Gasteiger partial charge in [-0.25, -0.2) is 0 Å². The van der Waals surface area contributed by atoms with E-state index < -0.39 is 0 Å². The highest BCUT2D eigenvalue weighted by atomic mass is 16.3. The lowest BCUT2D eigenvalue weighted by Crippen LogP contribution is -2.24.